The van der Waals surface area contributed by atoms with Gasteiger partial charge in [-0.25, -0.2) is 4.79 Å². The number of nitrogens with zero attached hydrogens (tertiary/aromatic N) is 2. The Labute approximate surface area is 119 Å². The van der Waals surface area contributed by atoms with E-state index < -0.39 is 11.9 Å². The predicted octanol–water partition coefficient (Wildman–Crippen LogP) is 1.96. The van der Waals surface area contributed by atoms with E-state index in [-0.39, 0.29) is 24.5 Å². The molecule has 0 spiro atoms. The van der Waals surface area contributed by atoms with Crippen LogP contribution in [-0.2, 0) is 4.79 Å². The lowest BCUT2D eigenvalue weighted by atomic mass is 9.84. The van der Waals surface area contributed by atoms with Crippen molar-refractivity contribution in [1.29, 1.82) is 5.26 Å². The quantitative estimate of drug-likeness (QED) is 0.805. The highest BCUT2D eigenvalue weighted by molar-refractivity contribution is 5.77. The Hall–Kier alpha value is -1.77. The first-order valence-corrected chi connectivity index (χ1v) is 7.14. The van der Waals surface area contributed by atoms with Gasteiger partial charge in [0, 0.05) is 18.6 Å². The van der Waals surface area contributed by atoms with E-state index in [1.165, 1.54) is 0 Å². The summed E-state index contributed by atoms with van der Waals surface area (Å²) < 4.78 is 0. The molecule has 0 aromatic heterocycles. The molecule has 20 heavy (non-hydrogen) atoms. The molecule has 6 nitrogen and oxygen atoms in total. The van der Waals surface area contributed by atoms with E-state index in [1.54, 1.807) is 4.90 Å². The Bertz CT molecular complexity index is 390. The average Bonchev–Trinajstić information content (AvgIpc) is 2.39. The second-order valence-corrected chi connectivity index (χ2v) is 5.48. The van der Waals surface area contributed by atoms with Crippen LogP contribution in [0.1, 0.15) is 46.0 Å². The number of carboxylic acid groups (broad SMARTS) is 1. The number of carboxylic acids is 1. The second kappa shape index (κ2) is 7.73. The van der Waals surface area contributed by atoms with Gasteiger partial charge in [0.05, 0.1) is 18.4 Å². The Morgan fingerprint density at radius 1 is 1.40 bits per heavy atom. The molecule has 0 bridgehead atoms. The van der Waals surface area contributed by atoms with Crippen LogP contribution in [-0.4, -0.2) is 40.6 Å². The van der Waals surface area contributed by atoms with Gasteiger partial charge in [0.15, 0.2) is 0 Å². The molecule has 2 atom stereocenters. The summed E-state index contributed by atoms with van der Waals surface area (Å²) in [6.07, 6.45) is 3.42. The fourth-order valence-electron chi connectivity index (χ4n) is 2.61. The standard InChI is InChI=1S/C14H23N3O3/c1-10(2)17(9-5-8-15)14(20)16-12-7-4-3-6-11(12)13(18)19/h10-12H,3-7,9H2,1-2H3,(H,16,20)(H,18,19). The zero-order valence-electron chi connectivity index (χ0n) is 12.1. The summed E-state index contributed by atoms with van der Waals surface area (Å²) in [5.74, 6) is -1.35. The summed E-state index contributed by atoms with van der Waals surface area (Å²) in [7, 11) is 0. The fourth-order valence-corrected chi connectivity index (χ4v) is 2.61. The van der Waals surface area contributed by atoms with Gasteiger partial charge < -0.3 is 15.3 Å². The molecule has 1 fully saturated rings. The molecular weight excluding hydrogens is 258 g/mol. The van der Waals surface area contributed by atoms with Crippen molar-refractivity contribution in [3.63, 3.8) is 0 Å². The van der Waals surface area contributed by atoms with Crippen LogP contribution in [0.3, 0.4) is 0 Å². The number of urea groups is 1. The van der Waals surface area contributed by atoms with Crippen molar-refractivity contribution in [2.24, 2.45) is 5.92 Å². The van der Waals surface area contributed by atoms with Crippen molar-refractivity contribution in [2.75, 3.05) is 6.54 Å². The molecule has 0 aliphatic heterocycles. The van der Waals surface area contributed by atoms with Gasteiger partial charge in [0.25, 0.3) is 0 Å². The minimum absolute atomic E-state index is 0.0183. The first kappa shape index (κ1) is 16.3. The maximum absolute atomic E-state index is 12.2. The number of carbonyl (C=O) groups excluding carboxylic acids is 1. The molecule has 0 aromatic carbocycles. The number of rotatable bonds is 5. The lowest BCUT2D eigenvalue weighted by Gasteiger charge is -2.33. The molecule has 0 heterocycles. The third kappa shape index (κ3) is 4.41. The van der Waals surface area contributed by atoms with Gasteiger partial charge >= 0.3 is 12.0 Å². The molecular formula is C14H23N3O3. The fraction of sp³-hybridized carbons (Fsp3) is 0.786. The molecule has 1 aliphatic carbocycles. The molecule has 0 aromatic rings. The normalized spacial score (nSPS) is 22.1. The molecule has 112 valence electrons. The summed E-state index contributed by atoms with van der Waals surface area (Å²) >= 11 is 0. The minimum Gasteiger partial charge on any atom is -0.481 e. The largest absolute Gasteiger partial charge is 0.481 e. The number of hydrogen-bond donors (Lipinski definition) is 2. The van der Waals surface area contributed by atoms with Gasteiger partial charge in [-0.05, 0) is 26.7 Å². The van der Waals surface area contributed by atoms with Crippen molar-refractivity contribution in [2.45, 2.75) is 58.0 Å². The smallest absolute Gasteiger partial charge is 0.317 e. The van der Waals surface area contributed by atoms with Gasteiger partial charge in [-0.1, -0.05) is 12.8 Å². The Balaban J connectivity index is 2.65. The zero-order valence-corrected chi connectivity index (χ0v) is 12.1. The lowest BCUT2D eigenvalue weighted by Crippen LogP contribution is -2.52. The SMILES string of the molecule is CC(C)N(CCC#N)C(=O)NC1CCCCC1C(=O)O. The Morgan fingerprint density at radius 2 is 2.05 bits per heavy atom. The highest BCUT2D eigenvalue weighted by Gasteiger charge is 2.33. The van der Waals surface area contributed by atoms with Crippen LogP contribution in [0, 0.1) is 17.2 Å². The molecule has 2 unspecified atom stereocenters. The van der Waals surface area contributed by atoms with Crippen LogP contribution in [0.2, 0.25) is 0 Å². The number of amides is 2. The molecule has 6 heteroatoms. The van der Waals surface area contributed by atoms with E-state index in [4.69, 9.17) is 5.26 Å². The predicted molar refractivity (Wildman–Crippen MR) is 74.0 cm³/mol. The third-order valence-corrected chi connectivity index (χ3v) is 3.74. The summed E-state index contributed by atoms with van der Waals surface area (Å²) in [5.41, 5.74) is 0. The van der Waals surface area contributed by atoms with Crippen LogP contribution in [0.5, 0.6) is 0 Å². The topological polar surface area (TPSA) is 93.4 Å². The first-order valence-electron chi connectivity index (χ1n) is 7.14. The highest BCUT2D eigenvalue weighted by Crippen LogP contribution is 2.25. The molecule has 2 N–H and O–H groups in total. The van der Waals surface area contributed by atoms with Crippen LogP contribution >= 0.6 is 0 Å². The Morgan fingerprint density at radius 3 is 2.60 bits per heavy atom. The van der Waals surface area contributed by atoms with Crippen molar-refractivity contribution in [3.8, 4) is 6.07 Å². The molecule has 1 saturated carbocycles. The molecule has 2 amide bonds. The number of carbonyl (C=O) groups is 2. The number of nitrogens with one attached hydrogen (secondary N) is 1. The first-order chi connectivity index (χ1) is 9.47. The van der Waals surface area contributed by atoms with Crippen molar-refractivity contribution >= 4 is 12.0 Å². The maximum atomic E-state index is 12.2. The van der Waals surface area contributed by atoms with Gasteiger partial charge in [-0.3, -0.25) is 4.79 Å². The Kier molecular flexibility index (Phi) is 6.29. The summed E-state index contributed by atoms with van der Waals surface area (Å²) in [6.45, 7) is 4.13. The van der Waals surface area contributed by atoms with E-state index >= 15 is 0 Å². The van der Waals surface area contributed by atoms with Crippen LogP contribution in [0.25, 0.3) is 0 Å². The summed E-state index contributed by atoms with van der Waals surface area (Å²) in [5, 5.41) is 20.7. The second-order valence-electron chi connectivity index (χ2n) is 5.48. The van der Waals surface area contributed by atoms with E-state index in [9.17, 15) is 14.7 Å². The van der Waals surface area contributed by atoms with E-state index in [2.05, 4.69) is 5.32 Å². The highest BCUT2D eigenvalue weighted by atomic mass is 16.4. The lowest BCUT2D eigenvalue weighted by molar-refractivity contribution is -0.143. The monoisotopic (exact) mass is 281 g/mol. The van der Waals surface area contributed by atoms with E-state index in [0.29, 0.717) is 19.4 Å². The maximum Gasteiger partial charge on any atom is 0.317 e. The van der Waals surface area contributed by atoms with Crippen LogP contribution in [0.4, 0.5) is 4.79 Å². The molecule has 1 rings (SSSR count). The van der Waals surface area contributed by atoms with Crippen molar-refractivity contribution < 1.29 is 14.7 Å². The third-order valence-electron chi connectivity index (χ3n) is 3.74. The molecule has 0 saturated heterocycles. The number of nitriles is 1. The van der Waals surface area contributed by atoms with Crippen LogP contribution < -0.4 is 5.32 Å². The van der Waals surface area contributed by atoms with E-state index in [0.717, 1.165) is 12.8 Å². The molecule has 0 radical (unpaired) electrons. The minimum atomic E-state index is -0.844. The van der Waals surface area contributed by atoms with Crippen LogP contribution in [0.15, 0.2) is 0 Å². The van der Waals surface area contributed by atoms with Gasteiger partial charge in [-0.15, -0.1) is 0 Å². The zero-order chi connectivity index (χ0) is 15.1. The number of aliphatic carboxylic acids is 1. The van der Waals surface area contributed by atoms with Gasteiger partial charge in [0.1, 0.15) is 0 Å². The van der Waals surface area contributed by atoms with Gasteiger partial charge in [0.2, 0.25) is 0 Å². The van der Waals surface area contributed by atoms with Crippen molar-refractivity contribution in [1.82, 2.24) is 10.2 Å². The molecule has 1 aliphatic rings. The van der Waals surface area contributed by atoms with E-state index in [1.807, 2.05) is 19.9 Å². The van der Waals surface area contributed by atoms with Crippen molar-refractivity contribution in [3.05, 3.63) is 0 Å². The summed E-state index contributed by atoms with van der Waals surface area (Å²) in [4.78, 5) is 25.0. The average molecular weight is 281 g/mol. The van der Waals surface area contributed by atoms with Gasteiger partial charge in [-0.2, -0.15) is 5.26 Å². The number of hydrogen-bond acceptors (Lipinski definition) is 3. The summed E-state index contributed by atoms with van der Waals surface area (Å²) in [6, 6.07) is 1.43.